The van der Waals surface area contributed by atoms with Crippen LogP contribution in [-0.4, -0.2) is 87.9 Å². The second-order valence-electron chi connectivity index (χ2n) is 14.4. The van der Waals surface area contributed by atoms with Gasteiger partial charge in [-0.25, -0.2) is 0 Å². The highest BCUT2D eigenvalue weighted by Gasteiger charge is 2.57. The molecule has 2 unspecified atom stereocenters. The minimum atomic E-state index is -1.52. The van der Waals surface area contributed by atoms with Gasteiger partial charge in [0, 0.05) is 0 Å². The molecule has 0 radical (unpaired) electrons. The first-order valence-corrected chi connectivity index (χ1v) is 20.2. The van der Waals surface area contributed by atoms with Crippen LogP contribution in [0.4, 0.5) is 4.79 Å². The Morgan fingerprint density at radius 1 is 0.532 bits per heavy atom. The molecule has 0 aromatic heterocycles. The van der Waals surface area contributed by atoms with Crippen LogP contribution in [0.3, 0.4) is 0 Å². The van der Waals surface area contributed by atoms with Crippen molar-refractivity contribution in [2.75, 3.05) is 26.3 Å². The topological polar surface area (TPSA) is 116 Å². The van der Waals surface area contributed by atoms with Crippen molar-refractivity contribution in [2.45, 2.75) is 218 Å². The maximum Gasteiger partial charge on any atom is 0.518 e. The summed E-state index contributed by atoms with van der Waals surface area (Å²) in [5.41, 5.74) is 0. The van der Waals surface area contributed by atoms with Gasteiger partial charge in [0.15, 0.2) is 6.10 Å². The first-order chi connectivity index (χ1) is 22.9. The number of hydrogen-bond donors (Lipinski definition) is 4. The van der Waals surface area contributed by atoms with Crippen molar-refractivity contribution in [1.29, 1.82) is 0 Å². The summed E-state index contributed by atoms with van der Waals surface area (Å²) in [6, 6.07) is 0. The third kappa shape index (κ3) is 18.2. The van der Waals surface area contributed by atoms with Crippen LogP contribution in [0.1, 0.15) is 188 Å². The lowest BCUT2D eigenvalue weighted by atomic mass is 9.96. The number of carbonyl (C=O) groups excluding carboxylic acids is 1. The molecule has 0 aromatic rings. The summed E-state index contributed by atoms with van der Waals surface area (Å²) in [6.45, 7) is 6.82. The van der Waals surface area contributed by atoms with E-state index in [4.69, 9.17) is 9.47 Å². The van der Waals surface area contributed by atoms with Crippen LogP contribution in [0.15, 0.2) is 0 Å². The fraction of sp³-hybridized carbons (Fsp3) is 0.974. The van der Waals surface area contributed by atoms with Crippen LogP contribution in [0.25, 0.3) is 0 Å². The first-order valence-electron chi connectivity index (χ1n) is 20.2. The van der Waals surface area contributed by atoms with E-state index in [2.05, 4.69) is 13.8 Å². The molecule has 280 valence electrons. The Morgan fingerprint density at radius 2 is 0.872 bits per heavy atom. The Balaban J connectivity index is 2.62. The Labute approximate surface area is 289 Å². The van der Waals surface area contributed by atoms with E-state index in [0.717, 1.165) is 38.5 Å². The van der Waals surface area contributed by atoms with E-state index in [1.54, 1.807) is 6.92 Å². The summed E-state index contributed by atoms with van der Waals surface area (Å²) < 4.78 is 11.4. The molecule has 47 heavy (non-hydrogen) atoms. The number of unbranched alkanes of at least 4 members (excludes halogenated alkanes) is 24. The van der Waals surface area contributed by atoms with Gasteiger partial charge in [-0.3, -0.25) is 0 Å². The van der Waals surface area contributed by atoms with Gasteiger partial charge in [-0.15, -0.1) is 0 Å². The zero-order chi connectivity index (χ0) is 34.6. The molecule has 1 rings (SSSR count). The van der Waals surface area contributed by atoms with Gasteiger partial charge >= 0.3 is 6.09 Å². The highest BCUT2D eigenvalue weighted by molar-refractivity contribution is 5.60. The van der Waals surface area contributed by atoms with Crippen molar-refractivity contribution in [1.82, 2.24) is 0 Å². The Morgan fingerprint density at radius 3 is 1.19 bits per heavy atom. The lowest BCUT2D eigenvalue weighted by Gasteiger charge is -2.48. The summed E-state index contributed by atoms with van der Waals surface area (Å²) in [7, 11) is 0. The highest BCUT2D eigenvalue weighted by atomic mass is 16.6. The van der Waals surface area contributed by atoms with E-state index >= 15 is 0 Å². The molecule has 0 bridgehead atoms. The smallest absolute Gasteiger partial charge is 0.420 e. The summed E-state index contributed by atoms with van der Waals surface area (Å²) in [6.07, 6.45) is 24.8. The molecule has 1 saturated heterocycles. The first kappa shape index (κ1) is 44.3. The molecule has 1 heterocycles. The maximum atomic E-state index is 13.7. The molecule has 1 fully saturated rings. The number of rotatable bonds is 31. The average molecular weight is 673 g/mol. The SMILES string of the molecule is CCCCCCCCCCCCCCCCCC[N+](CCCCCCCCCCCC)(C(=O)OCC)C1O[C@H](CO)[C@@H](O)[C@H](O)[C@@H]1O. The molecule has 0 aliphatic carbocycles. The third-order valence-electron chi connectivity index (χ3n) is 10.3. The second-order valence-corrected chi connectivity index (χ2v) is 14.4. The van der Waals surface area contributed by atoms with Gasteiger partial charge in [0.2, 0.25) is 6.23 Å². The van der Waals surface area contributed by atoms with E-state index in [1.807, 2.05) is 0 Å². The number of carbonyl (C=O) groups is 1. The predicted molar refractivity (Wildman–Crippen MR) is 192 cm³/mol. The number of nitrogens with zero attached hydrogens (tertiary/aromatic N) is 1. The number of aliphatic hydroxyl groups excluding tert-OH is 4. The number of amides is 1. The Hall–Kier alpha value is -0.770. The normalized spacial score (nSPS) is 22.7. The largest absolute Gasteiger partial charge is 0.518 e. The molecular formula is C39H78NO7+. The minimum absolute atomic E-state index is 0.202. The fourth-order valence-corrected chi connectivity index (χ4v) is 7.22. The molecular weight excluding hydrogens is 594 g/mol. The summed E-state index contributed by atoms with van der Waals surface area (Å²) in [4.78, 5) is 13.7. The van der Waals surface area contributed by atoms with Crippen LogP contribution in [0.5, 0.6) is 0 Å². The Kier molecular flexibility index (Phi) is 27.3. The summed E-state index contributed by atoms with van der Waals surface area (Å²) in [5.74, 6) is 0. The van der Waals surface area contributed by atoms with Gasteiger partial charge in [-0.1, -0.05) is 155 Å². The quantitative estimate of drug-likeness (QED) is 0.0429. The standard InChI is InChI=1S/C39H78NO7/c1-4-7-9-11-13-15-17-18-19-20-21-22-24-26-28-30-32-40(39(45)46-6-3,31-29-27-25-23-16-14-12-10-8-5-2)38-37(44)36(43)35(42)34(33-41)47-38/h34-38,41-44H,4-33H2,1-3H3/q+1/t34-,35-,36+,37+,38?,40?/m1/s1. The van der Waals surface area contributed by atoms with E-state index in [1.165, 1.54) is 128 Å². The lowest BCUT2D eigenvalue weighted by molar-refractivity contribution is -0.915. The third-order valence-corrected chi connectivity index (χ3v) is 10.3. The molecule has 4 N–H and O–H groups in total. The van der Waals surface area contributed by atoms with Crippen molar-refractivity contribution < 1.29 is 39.2 Å². The van der Waals surface area contributed by atoms with Gasteiger partial charge in [-0.2, -0.15) is 9.28 Å². The highest BCUT2D eigenvalue weighted by Crippen LogP contribution is 2.32. The van der Waals surface area contributed by atoms with Gasteiger partial charge < -0.3 is 29.9 Å². The van der Waals surface area contributed by atoms with Gasteiger partial charge in [0.25, 0.3) is 0 Å². The zero-order valence-corrected chi connectivity index (χ0v) is 31.1. The van der Waals surface area contributed by atoms with Crippen LogP contribution in [0.2, 0.25) is 0 Å². The Bertz CT molecular complexity index is 723. The van der Waals surface area contributed by atoms with Crippen molar-refractivity contribution in [3.05, 3.63) is 0 Å². The van der Waals surface area contributed by atoms with E-state index in [0.29, 0.717) is 13.1 Å². The molecule has 0 aromatic carbocycles. The molecule has 8 nitrogen and oxygen atoms in total. The monoisotopic (exact) mass is 673 g/mol. The van der Waals surface area contributed by atoms with Crippen LogP contribution in [0, 0.1) is 0 Å². The van der Waals surface area contributed by atoms with Crippen LogP contribution < -0.4 is 0 Å². The molecule has 0 spiro atoms. The van der Waals surface area contributed by atoms with E-state index in [-0.39, 0.29) is 11.1 Å². The molecule has 1 aliphatic heterocycles. The maximum absolute atomic E-state index is 13.7. The molecule has 1 amide bonds. The lowest BCUT2D eigenvalue weighted by Crippen LogP contribution is -2.72. The molecule has 6 atom stereocenters. The second kappa shape index (κ2) is 29.0. The summed E-state index contributed by atoms with van der Waals surface area (Å²) in [5, 5.41) is 42.1. The van der Waals surface area contributed by atoms with E-state index in [9.17, 15) is 25.2 Å². The predicted octanol–water partition coefficient (Wildman–Crippen LogP) is 8.94. The van der Waals surface area contributed by atoms with Crippen molar-refractivity contribution in [2.24, 2.45) is 0 Å². The van der Waals surface area contributed by atoms with E-state index < -0.39 is 43.3 Å². The number of hydrogen-bond acceptors (Lipinski definition) is 7. The molecule has 8 heteroatoms. The zero-order valence-electron chi connectivity index (χ0n) is 31.1. The molecule has 1 aliphatic rings. The number of quaternary nitrogens is 1. The average Bonchev–Trinajstić information content (AvgIpc) is 3.07. The number of ether oxygens (including phenoxy) is 2. The van der Waals surface area contributed by atoms with Crippen LogP contribution >= 0.6 is 0 Å². The van der Waals surface area contributed by atoms with Gasteiger partial charge in [0.1, 0.15) is 18.3 Å². The van der Waals surface area contributed by atoms with Gasteiger partial charge in [-0.05, 0) is 32.6 Å². The molecule has 0 saturated carbocycles. The summed E-state index contributed by atoms with van der Waals surface area (Å²) >= 11 is 0. The van der Waals surface area contributed by atoms with Gasteiger partial charge in [0.05, 0.1) is 26.3 Å². The van der Waals surface area contributed by atoms with Crippen molar-refractivity contribution in [3.8, 4) is 0 Å². The number of aliphatic hydroxyl groups is 4. The van der Waals surface area contributed by atoms with Crippen molar-refractivity contribution >= 4 is 6.09 Å². The van der Waals surface area contributed by atoms with Crippen LogP contribution in [-0.2, 0) is 9.47 Å². The fourth-order valence-electron chi connectivity index (χ4n) is 7.22. The minimum Gasteiger partial charge on any atom is -0.420 e. The van der Waals surface area contributed by atoms with Crippen molar-refractivity contribution in [3.63, 3.8) is 0 Å².